The minimum atomic E-state index is 0.282. The van der Waals surface area contributed by atoms with Crippen LogP contribution in [0.1, 0.15) is 9.75 Å². The molecule has 0 atom stereocenters. The van der Waals surface area contributed by atoms with Crippen LogP contribution >= 0.6 is 50.2 Å². The second kappa shape index (κ2) is 5.36. The van der Waals surface area contributed by atoms with Crippen LogP contribution in [0.4, 0.5) is 5.82 Å². The van der Waals surface area contributed by atoms with Gasteiger partial charge in [0.1, 0.15) is 10.6 Å². The van der Waals surface area contributed by atoms with E-state index in [4.69, 9.17) is 11.6 Å². The Balaban J connectivity index is 1.91. The molecule has 0 aliphatic rings. The third-order valence-corrected chi connectivity index (χ3v) is 5.35. The summed E-state index contributed by atoms with van der Waals surface area (Å²) in [4.78, 5) is 11.9. The molecular weight excluding hydrogens is 366 g/mol. The number of hydrogen-bond donors (Lipinski definition) is 1. The molecule has 3 aromatic rings. The summed E-state index contributed by atoms with van der Waals surface area (Å²) in [5.41, 5.74) is 0. The zero-order chi connectivity index (χ0) is 13.4. The van der Waals surface area contributed by atoms with Crippen LogP contribution in [-0.2, 0) is 6.54 Å². The molecule has 0 aliphatic heterocycles. The number of hydrogen-bond acceptors (Lipinski definition) is 5. The highest BCUT2D eigenvalue weighted by molar-refractivity contribution is 9.10. The highest BCUT2D eigenvalue weighted by Crippen LogP contribution is 2.30. The van der Waals surface area contributed by atoms with Crippen molar-refractivity contribution >= 4 is 66.2 Å². The highest BCUT2D eigenvalue weighted by Gasteiger charge is 2.09. The van der Waals surface area contributed by atoms with E-state index in [9.17, 15) is 0 Å². The third kappa shape index (κ3) is 2.91. The zero-order valence-corrected chi connectivity index (χ0v) is 13.9. The fourth-order valence-electron chi connectivity index (χ4n) is 1.77. The lowest BCUT2D eigenvalue weighted by Gasteiger charge is -2.05. The lowest BCUT2D eigenvalue weighted by atomic mass is 10.3. The van der Waals surface area contributed by atoms with Gasteiger partial charge in [-0.15, -0.1) is 22.7 Å². The first kappa shape index (κ1) is 13.3. The Hall–Kier alpha value is -0.690. The molecule has 0 fully saturated rings. The average Bonchev–Trinajstić information content (AvgIpc) is 2.91. The first-order valence-electron chi connectivity index (χ1n) is 5.52. The average molecular weight is 375 g/mol. The predicted molar refractivity (Wildman–Crippen MR) is 86.5 cm³/mol. The van der Waals surface area contributed by atoms with Gasteiger partial charge in [0.2, 0.25) is 5.28 Å². The highest BCUT2D eigenvalue weighted by atomic mass is 79.9. The normalized spacial score (nSPS) is 11.1. The van der Waals surface area contributed by atoms with Crippen molar-refractivity contribution in [2.75, 3.05) is 5.32 Å². The van der Waals surface area contributed by atoms with Crippen LogP contribution in [0.2, 0.25) is 5.28 Å². The topological polar surface area (TPSA) is 37.8 Å². The van der Waals surface area contributed by atoms with Crippen molar-refractivity contribution in [2.45, 2.75) is 13.5 Å². The minimum Gasteiger partial charge on any atom is -0.364 e. The molecule has 0 unspecified atom stereocenters. The van der Waals surface area contributed by atoms with E-state index in [-0.39, 0.29) is 5.28 Å². The molecule has 3 heterocycles. The van der Waals surface area contributed by atoms with E-state index >= 15 is 0 Å². The summed E-state index contributed by atoms with van der Waals surface area (Å²) >= 11 is 12.7. The largest absolute Gasteiger partial charge is 0.364 e. The van der Waals surface area contributed by atoms with Gasteiger partial charge >= 0.3 is 0 Å². The Morgan fingerprint density at radius 1 is 1.37 bits per heavy atom. The smallest absolute Gasteiger partial charge is 0.225 e. The molecule has 98 valence electrons. The van der Waals surface area contributed by atoms with E-state index < -0.39 is 0 Å². The number of rotatable bonds is 3. The van der Waals surface area contributed by atoms with E-state index in [1.54, 1.807) is 22.7 Å². The van der Waals surface area contributed by atoms with Crippen LogP contribution in [0.5, 0.6) is 0 Å². The van der Waals surface area contributed by atoms with Crippen molar-refractivity contribution < 1.29 is 0 Å². The predicted octanol–water partition coefficient (Wildman–Crippen LogP) is 5.09. The van der Waals surface area contributed by atoms with Gasteiger partial charge in [-0.25, -0.2) is 9.97 Å². The molecular formula is C12H9BrClN3S2. The SMILES string of the molecule is Cc1cc2c(NCc3cc(Br)cs3)nc(Cl)nc2s1. The van der Waals surface area contributed by atoms with Crippen LogP contribution in [0.3, 0.4) is 0 Å². The fourth-order valence-corrected chi connectivity index (χ4v) is 4.26. The van der Waals surface area contributed by atoms with Crippen LogP contribution in [0, 0.1) is 6.92 Å². The first-order valence-corrected chi connectivity index (χ1v) is 8.39. The van der Waals surface area contributed by atoms with Gasteiger partial charge in [-0.2, -0.15) is 0 Å². The number of aryl methyl sites for hydroxylation is 1. The van der Waals surface area contributed by atoms with Gasteiger partial charge in [0, 0.05) is 19.6 Å². The maximum Gasteiger partial charge on any atom is 0.225 e. The van der Waals surface area contributed by atoms with Gasteiger partial charge in [0.25, 0.3) is 0 Å². The molecule has 0 amide bonds. The van der Waals surface area contributed by atoms with Gasteiger partial charge in [-0.1, -0.05) is 0 Å². The first-order chi connectivity index (χ1) is 9.11. The Labute approximate surface area is 131 Å². The van der Waals surface area contributed by atoms with Gasteiger partial charge in [-0.05, 0) is 46.6 Å². The Morgan fingerprint density at radius 3 is 2.95 bits per heavy atom. The van der Waals surface area contributed by atoms with Gasteiger partial charge in [0.15, 0.2) is 0 Å². The number of thiophene rings is 2. The lowest BCUT2D eigenvalue weighted by molar-refractivity contribution is 1.13. The monoisotopic (exact) mass is 373 g/mol. The van der Waals surface area contributed by atoms with Crippen molar-refractivity contribution in [3.05, 3.63) is 37.0 Å². The Kier molecular flexibility index (Phi) is 3.75. The maximum absolute atomic E-state index is 5.96. The van der Waals surface area contributed by atoms with Crippen molar-refractivity contribution in [3.63, 3.8) is 0 Å². The number of nitrogens with zero attached hydrogens (tertiary/aromatic N) is 2. The van der Waals surface area contributed by atoms with Gasteiger partial charge < -0.3 is 5.32 Å². The van der Waals surface area contributed by atoms with E-state index in [0.29, 0.717) is 0 Å². The lowest BCUT2D eigenvalue weighted by Crippen LogP contribution is -2.01. The molecule has 19 heavy (non-hydrogen) atoms. The molecule has 1 N–H and O–H groups in total. The standard InChI is InChI=1S/C12H9BrClN3S2/c1-6-2-9-10(16-12(14)17-11(9)19-6)15-4-8-3-7(13)5-18-8/h2-3,5H,4H2,1H3,(H,15,16,17). The Morgan fingerprint density at radius 2 is 2.21 bits per heavy atom. The molecule has 0 saturated carbocycles. The molecule has 0 aromatic carbocycles. The summed E-state index contributed by atoms with van der Waals surface area (Å²) in [6, 6.07) is 4.18. The van der Waals surface area contributed by atoms with Crippen LogP contribution < -0.4 is 5.32 Å². The van der Waals surface area contributed by atoms with E-state index in [2.05, 4.69) is 55.7 Å². The molecule has 3 aromatic heterocycles. The maximum atomic E-state index is 5.96. The summed E-state index contributed by atoms with van der Waals surface area (Å²) in [5.74, 6) is 0.795. The van der Waals surface area contributed by atoms with Crippen molar-refractivity contribution in [1.82, 2.24) is 9.97 Å². The molecule has 0 bridgehead atoms. The van der Waals surface area contributed by atoms with Gasteiger partial charge in [-0.3, -0.25) is 0 Å². The molecule has 0 aliphatic carbocycles. The molecule has 7 heteroatoms. The van der Waals surface area contributed by atoms with Gasteiger partial charge in [0.05, 0.1) is 11.9 Å². The van der Waals surface area contributed by atoms with E-state index in [1.807, 2.05) is 0 Å². The minimum absolute atomic E-state index is 0.282. The summed E-state index contributed by atoms with van der Waals surface area (Å²) in [7, 11) is 0. The number of halogens is 2. The summed E-state index contributed by atoms with van der Waals surface area (Å²) in [5, 5.41) is 6.71. The number of fused-ring (bicyclic) bond motifs is 1. The van der Waals surface area contributed by atoms with Crippen molar-refractivity contribution in [2.24, 2.45) is 0 Å². The van der Waals surface area contributed by atoms with Crippen LogP contribution in [0.15, 0.2) is 22.0 Å². The number of anilines is 1. The second-order valence-corrected chi connectivity index (χ2v) is 7.49. The second-order valence-electron chi connectivity index (χ2n) is 4.00. The molecule has 3 rings (SSSR count). The van der Waals surface area contributed by atoms with E-state index in [1.165, 1.54) is 9.75 Å². The molecule has 3 nitrogen and oxygen atoms in total. The number of aromatic nitrogens is 2. The number of nitrogens with one attached hydrogen (secondary N) is 1. The quantitative estimate of drug-likeness (QED) is 0.649. The Bertz CT molecular complexity index is 738. The molecule has 0 saturated heterocycles. The fraction of sp³-hybridized carbons (Fsp3) is 0.167. The van der Waals surface area contributed by atoms with Crippen molar-refractivity contribution in [3.8, 4) is 0 Å². The summed E-state index contributed by atoms with van der Waals surface area (Å²) in [6.07, 6.45) is 0. The van der Waals surface area contributed by atoms with Crippen LogP contribution in [0.25, 0.3) is 10.2 Å². The van der Waals surface area contributed by atoms with Crippen LogP contribution in [-0.4, -0.2) is 9.97 Å². The third-order valence-electron chi connectivity index (χ3n) is 2.54. The summed E-state index contributed by atoms with van der Waals surface area (Å²) < 4.78 is 1.10. The van der Waals surface area contributed by atoms with Crippen molar-refractivity contribution in [1.29, 1.82) is 0 Å². The molecule has 0 radical (unpaired) electrons. The van der Waals surface area contributed by atoms with E-state index in [0.717, 1.165) is 27.1 Å². The zero-order valence-electron chi connectivity index (χ0n) is 9.91. The molecule has 0 spiro atoms. The summed E-state index contributed by atoms with van der Waals surface area (Å²) in [6.45, 7) is 2.79.